The van der Waals surface area contributed by atoms with Crippen molar-refractivity contribution in [2.75, 3.05) is 30.9 Å². The topological polar surface area (TPSA) is 28.2 Å². The minimum absolute atomic E-state index is 0.992. The smallest absolute Gasteiger partial charge is 0.0724 e. The van der Waals surface area contributed by atoms with Crippen molar-refractivity contribution in [3.63, 3.8) is 0 Å². The summed E-state index contributed by atoms with van der Waals surface area (Å²) in [7, 11) is 4.12. The lowest BCUT2D eigenvalue weighted by molar-refractivity contribution is 0.978. The molecule has 0 fully saturated rings. The van der Waals surface area contributed by atoms with Gasteiger partial charge in [-0.2, -0.15) is 0 Å². The molecular formula is C15H21N3. The van der Waals surface area contributed by atoms with Crippen LogP contribution in [0.1, 0.15) is 18.9 Å². The first-order valence-corrected chi connectivity index (χ1v) is 6.44. The number of aryl methyl sites for hydroxylation is 1. The van der Waals surface area contributed by atoms with E-state index in [0.717, 1.165) is 18.5 Å². The second-order valence-corrected chi connectivity index (χ2v) is 4.84. The largest absolute Gasteiger partial charge is 0.384 e. The second kappa shape index (κ2) is 5.25. The number of nitrogens with zero attached hydrogens (tertiary/aromatic N) is 2. The first-order chi connectivity index (χ1) is 8.63. The molecule has 0 spiro atoms. The van der Waals surface area contributed by atoms with Gasteiger partial charge in [-0.05, 0) is 37.1 Å². The summed E-state index contributed by atoms with van der Waals surface area (Å²) in [6, 6.07) is 6.39. The number of rotatable bonds is 4. The predicted octanol–water partition coefficient (Wildman–Crippen LogP) is 3.43. The Morgan fingerprint density at radius 3 is 2.72 bits per heavy atom. The Balaban J connectivity index is 2.57. The summed E-state index contributed by atoms with van der Waals surface area (Å²) >= 11 is 0. The lowest BCUT2D eigenvalue weighted by Gasteiger charge is -2.16. The minimum Gasteiger partial charge on any atom is -0.384 e. The van der Waals surface area contributed by atoms with Crippen LogP contribution in [0.15, 0.2) is 24.4 Å². The Morgan fingerprint density at radius 2 is 2.06 bits per heavy atom. The molecule has 2 aromatic rings. The lowest BCUT2D eigenvalue weighted by atomic mass is 10.1. The third-order valence-corrected chi connectivity index (χ3v) is 3.11. The Morgan fingerprint density at radius 1 is 1.28 bits per heavy atom. The molecule has 0 unspecified atom stereocenters. The summed E-state index contributed by atoms with van der Waals surface area (Å²) in [5.41, 5.74) is 4.66. The number of fused-ring (bicyclic) bond motifs is 1. The van der Waals surface area contributed by atoms with E-state index in [0.29, 0.717) is 0 Å². The fraction of sp³-hybridized carbons (Fsp3) is 0.400. The number of pyridine rings is 1. The zero-order chi connectivity index (χ0) is 13.1. The first kappa shape index (κ1) is 12.7. The monoisotopic (exact) mass is 243 g/mol. The number of nitrogens with one attached hydrogen (secondary N) is 1. The van der Waals surface area contributed by atoms with Crippen LogP contribution < -0.4 is 10.2 Å². The molecule has 0 aliphatic rings. The van der Waals surface area contributed by atoms with Gasteiger partial charge in [0.25, 0.3) is 0 Å². The van der Waals surface area contributed by atoms with E-state index in [1.807, 2.05) is 6.20 Å². The maximum atomic E-state index is 4.49. The molecule has 3 nitrogen and oxygen atoms in total. The van der Waals surface area contributed by atoms with Crippen LogP contribution in [0.25, 0.3) is 10.9 Å². The molecule has 1 N–H and O–H groups in total. The maximum absolute atomic E-state index is 4.49. The van der Waals surface area contributed by atoms with Crippen molar-refractivity contribution in [3.8, 4) is 0 Å². The number of hydrogen-bond donors (Lipinski definition) is 1. The number of benzene rings is 1. The number of anilines is 2. The van der Waals surface area contributed by atoms with Crippen molar-refractivity contribution in [3.05, 3.63) is 30.0 Å². The lowest BCUT2D eigenvalue weighted by Crippen LogP contribution is -2.09. The standard InChI is InChI=1S/C15H21N3/c1-5-8-16-15-11(2)10-17-14-7-6-12(18(3)4)9-13(14)15/h6-7,9-10H,5,8H2,1-4H3,(H,16,17). The van der Waals surface area contributed by atoms with Crippen LogP contribution in [-0.2, 0) is 0 Å². The molecule has 1 aromatic heterocycles. The van der Waals surface area contributed by atoms with E-state index in [1.165, 1.54) is 22.3 Å². The van der Waals surface area contributed by atoms with Crippen molar-refractivity contribution < 1.29 is 0 Å². The zero-order valence-electron chi connectivity index (χ0n) is 11.6. The molecule has 3 heteroatoms. The van der Waals surface area contributed by atoms with Gasteiger partial charge in [-0.3, -0.25) is 4.98 Å². The fourth-order valence-electron chi connectivity index (χ4n) is 2.04. The molecule has 0 bridgehead atoms. The molecule has 0 radical (unpaired) electrons. The average Bonchev–Trinajstić information content (AvgIpc) is 2.37. The Labute approximate surface area is 109 Å². The Kier molecular flexibility index (Phi) is 3.70. The quantitative estimate of drug-likeness (QED) is 0.891. The van der Waals surface area contributed by atoms with Crippen molar-refractivity contribution >= 4 is 22.3 Å². The molecule has 0 atom stereocenters. The Bertz CT molecular complexity index is 547. The SMILES string of the molecule is CCCNc1c(C)cnc2ccc(N(C)C)cc12. The van der Waals surface area contributed by atoms with Crippen LogP contribution in [0.4, 0.5) is 11.4 Å². The van der Waals surface area contributed by atoms with Gasteiger partial charge in [0.2, 0.25) is 0 Å². The van der Waals surface area contributed by atoms with Crippen LogP contribution >= 0.6 is 0 Å². The number of hydrogen-bond acceptors (Lipinski definition) is 3. The van der Waals surface area contributed by atoms with Crippen LogP contribution in [0, 0.1) is 6.92 Å². The molecule has 0 saturated heterocycles. The van der Waals surface area contributed by atoms with Crippen LogP contribution in [0.3, 0.4) is 0 Å². The highest BCUT2D eigenvalue weighted by atomic mass is 15.1. The van der Waals surface area contributed by atoms with Crippen LogP contribution in [-0.4, -0.2) is 25.6 Å². The normalized spacial score (nSPS) is 10.7. The molecule has 1 heterocycles. The Hall–Kier alpha value is -1.77. The van der Waals surface area contributed by atoms with Gasteiger partial charge in [0.05, 0.1) is 5.52 Å². The van der Waals surface area contributed by atoms with E-state index >= 15 is 0 Å². The summed E-state index contributed by atoms with van der Waals surface area (Å²) in [6.07, 6.45) is 3.06. The highest BCUT2D eigenvalue weighted by Gasteiger charge is 2.07. The van der Waals surface area contributed by atoms with Crippen molar-refractivity contribution in [1.82, 2.24) is 4.98 Å². The molecule has 0 aliphatic heterocycles. The highest BCUT2D eigenvalue weighted by Crippen LogP contribution is 2.28. The van der Waals surface area contributed by atoms with Gasteiger partial charge in [-0.1, -0.05) is 6.92 Å². The van der Waals surface area contributed by atoms with Crippen LogP contribution in [0.2, 0.25) is 0 Å². The van der Waals surface area contributed by atoms with E-state index in [1.54, 1.807) is 0 Å². The summed E-state index contributed by atoms with van der Waals surface area (Å²) in [5, 5.41) is 4.72. The first-order valence-electron chi connectivity index (χ1n) is 6.44. The second-order valence-electron chi connectivity index (χ2n) is 4.84. The van der Waals surface area contributed by atoms with Crippen molar-refractivity contribution in [1.29, 1.82) is 0 Å². The van der Waals surface area contributed by atoms with E-state index in [2.05, 4.69) is 61.3 Å². The summed E-state index contributed by atoms with van der Waals surface area (Å²) in [5.74, 6) is 0. The van der Waals surface area contributed by atoms with Crippen LogP contribution in [0.5, 0.6) is 0 Å². The number of aromatic nitrogens is 1. The van der Waals surface area contributed by atoms with E-state index in [-0.39, 0.29) is 0 Å². The van der Waals surface area contributed by atoms with Gasteiger partial charge >= 0.3 is 0 Å². The minimum atomic E-state index is 0.992. The van der Waals surface area contributed by atoms with Gasteiger partial charge in [-0.15, -0.1) is 0 Å². The van der Waals surface area contributed by atoms with E-state index < -0.39 is 0 Å². The summed E-state index contributed by atoms with van der Waals surface area (Å²) in [6.45, 7) is 5.27. The van der Waals surface area contributed by atoms with Gasteiger partial charge < -0.3 is 10.2 Å². The third kappa shape index (κ3) is 2.40. The van der Waals surface area contributed by atoms with Gasteiger partial charge in [0, 0.05) is 43.6 Å². The molecule has 1 aromatic carbocycles. The van der Waals surface area contributed by atoms with Gasteiger partial charge in [-0.25, -0.2) is 0 Å². The molecule has 96 valence electrons. The van der Waals surface area contributed by atoms with Crippen molar-refractivity contribution in [2.24, 2.45) is 0 Å². The van der Waals surface area contributed by atoms with Crippen molar-refractivity contribution in [2.45, 2.75) is 20.3 Å². The average molecular weight is 243 g/mol. The molecule has 0 aliphatic carbocycles. The molecule has 2 rings (SSSR count). The molecule has 18 heavy (non-hydrogen) atoms. The molecule has 0 amide bonds. The summed E-state index contributed by atoms with van der Waals surface area (Å²) < 4.78 is 0. The molecular weight excluding hydrogens is 222 g/mol. The third-order valence-electron chi connectivity index (χ3n) is 3.11. The van der Waals surface area contributed by atoms with Gasteiger partial charge in [0.1, 0.15) is 0 Å². The fourth-order valence-corrected chi connectivity index (χ4v) is 2.04. The zero-order valence-corrected chi connectivity index (χ0v) is 11.6. The highest BCUT2D eigenvalue weighted by molar-refractivity contribution is 5.94. The van der Waals surface area contributed by atoms with E-state index in [9.17, 15) is 0 Å². The molecule has 0 saturated carbocycles. The summed E-state index contributed by atoms with van der Waals surface area (Å²) in [4.78, 5) is 6.61. The van der Waals surface area contributed by atoms with Gasteiger partial charge in [0.15, 0.2) is 0 Å². The predicted molar refractivity (Wildman–Crippen MR) is 79.6 cm³/mol. The maximum Gasteiger partial charge on any atom is 0.0724 e. The van der Waals surface area contributed by atoms with E-state index in [4.69, 9.17) is 0 Å².